The number of benzene rings is 1. The highest BCUT2D eigenvalue weighted by atomic mass is 32.2. The van der Waals surface area contributed by atoms with Crippen molar-refractivity contribution < 1.29 is 4.79 Å². The number of carbonyl (C=O) groups is 1. The normalized spacial score (nSPS) is 15.6. The molecule has 4 rings (SSSR count). The third-order valence-electron chi connectivity index (χ3n) is 4.34. The van der Waals surface area contributed by atoms with Crippen molar-refractivity contribution in [3.63, 3.8) is 0 Å². The molecule has 8 heteroatoms. The first kappa shape index (κ1) is 18.4. The fourth-order valence-electron chi connectivity index (χ4n) is 2.96. The minimum atomic E-state index is -0.247. The number of carbonyl (C=O) groups excluding carboxylic acids is 1. The second-order valence-electron chi connectivity index (χ2n) is 6.11. The van der Waals surface area contributed by atoms with E-state index in [0.29, 0.717) is 32.8 Å². The van der Waals surface area contributed by atoms with E-state index in [1.165, 1.54) is 16.2 Å². The lowest BCUT2D eigenvalue weighted by molar-refractivity contribution is -0.122. The highest BCUT2D eigenvalue weighted by Crippen LogP contribution is 2.34. The van der Waals surface area contributed by atoms with Crippen molar-refractivity contribution in [3.8, 4) is 0 Å². The number of rotatable bonds is 4. The summed E-state index contributed by atoms with van der Waals surface area (Å²) in [7, 11) is 1.69. The van der Waals surface area contributed by atoms with Gasteiger partial charge in [-0.2, -0.15) is 0 Å². The molecule has 0 bridgehead atoms. The first-order valence-electron chi connectivity index (χ1n) is 8.57. The van der Waals surface area contributed by atoms with E-state index in [-0.39, 0.29) is 11.5 Å². The standard InChI is InChI=1S/C20H16N4O2S2/c1-21-17-14(18(25)23-10-6-5-9-16(23)22-17)11-15-19(26)24(20(27)28-15)12-13-7-3-2-4-8-13/h2-11,21H,12H2,1H3/b15-11+. The van der Waals surface area contributed by atoms with Crippen molar-refractivity contribution in [2.45, 2.75) is 6.54 Å². The molecule has 1 N–H and O–H groups in total. The van der Waals surface area contributed by atoms with Crippen LogP contribution in [0.5, 0.6) is 0 Å². The van der Waals surface area contributed by atoms with Gasteiger partial charge < -0.3 is 5.32 Å². The molecule has 140 valence electrons. The number of pyridine rings is 1. The second kappa shape index (κ2) is 7.57. The summed E-state index contributed by atoms with van der Waals surface area (Å²) in [6, 6.07) is 15.0. The van der Waals surface area contributed by atoms with Gasteiger partial charge in [-0.25, -0.2) is 4.98 Å². The first-order chi connectivity index (χ1) is 13.6. The van der Waals surface area contributed by atoms with Gasteiger partial charge in [0.05, 0.1) is 17.0 Å². The molecule has 0 aliphatic carbocycles. The number of amides is 1. The third-order valence-corrected chi connectivity index (χ3v) is 5.72. The van der Waals surface area contributed by atoms with Gasteiger partial charge in [0.1, 0.15) is 15.8 Å². The summed E-state index contributed by atoms with van der Waals surface area (Å²) in [5.41, 5.74) is 1.60. The van der Waals surface area contributed by atoms with Crippen LogP contribution in [-0.2, 0) is 11.3 Å². The Bertz CT molecular complexity index is 1170. The second-order valence-corrected chi connectivity index (χ2v) is 7.79. The van der Waals surface area contributed by atoms with Crippen LogP contribution in [0.4, 0.5) is 5.82 Å². The number of fused-ring (bicyclic) bond motifs is 1. The van der Waals surface area contributed by atoms with Crippen LogP contribution in [0, 0.1) is 0 Å². The number of aromatic nitrogens is 2. The Morgan fingerprint density at radius 1 is 1.14 bits per heavy atom. The van der Waals surface area contributed by atoms with Gasteiger partial charge in [-0.3, -0.25) is 18.9 Å². The minimum Gasteiger partial charge on any atom is -0.372 e. The summed E-state index contributed by atoms with van der Waals surface area (Å²) in [6.45, 7) is 0.399. The number of hydrogen-bond acceptors (Lipinski definition) is 6. The van der Waals surface area contributed by atoms with E-state index in [9.17, 15) is 9.59 Å². The van der Waals surface area contributed by atoms with Gasteiger partial charge in [-0.05, 0) is 23.8 Å². The Morgan fingerprint density at radius 3 is 2.64 bits per heavy atom. The summed E-state index contributed by atoms with van der Waals surface area (Å²) in [5.74, 6) is 0.211. The SMILES string of the molecule is CNc1nc2ccccn2c(=O)c1/C=C1/SC(=S)N(Cc2ccccc2)C1=O. The number of thiocarbonyl (C=S) groups is 1. The molecule has 3 aromatic rings. The maximum Gasteiger partial charge on any atom is 0.267 e. The number of nitrogens with zero attached hydrogens (tertiary/aromatic N) is 3. The molecule has 1 fully saturated rings. The van der Waals surface area contributed by atoms with E-state index in [1.807, 2.05) is 36.4 Å². The van der Waals surface area contributed by atoms with Gasteiger partial charge in [-0.1, -0.05) is 60.4 Å². The molecule has 0 spiro atoms. The van der Waals surface area contributed by atoms with E-state index in [4.69, 9.17) is 12.2 Å². The molecule has 1 aliphatic heterocycles. The molecule has 0 saturated carbocycles. The number of hydrogen-bond donors (Lipinski definition) is 1. The van der Waals surface area contributed by atoms with Crippen LogP contribution >= 0.6 is 24.0 Å². The molecule has 28 heavy (non-hydrogen) atoms. The molecule has 6 nitrogen and oxygen atoms in total. The van der Waals surface area contributed by atoms with Crippen LogP contribution in [0.15, 0.2) is 64.4 Å². The van der Waals surface area contributed by atoms with Crippen LogP contribution in [0.1, 0.15) is 11.1 Å². The van der Waals surface area contributed by atoms with Gasteiger partial charge in [0.15, 0.2) is 0 Å². The number of anilines is 1. The monoisotopic (exact) mass is 408 g/mol. The van der Waals surface area contributed by atoms with E-state index < -0.39 is 0 Å². The van der Waals surface area contributed by atoms with E-state index >= 15 is 0 Å². The van der Waals surface area contributed by atoms with Crippen LogP contribution in [0.2, 0.25) is 0 Å². The Labute approximate surface area is 170 Å². The maximum absolute atomic E-state index is 12.9. The molecule has 2 aromatic heterocycles. The quantitative estimate of drug-likeness (QED) is 0.529. The molecule has 3 heterocycles. The lowest BCUT2D eigenvalue weighted by atomic mass is 10.2. The van der Waals surface area contributed by atoms with Gasteiger partial charge in [-0.15, -0.1) is 0 Å². The number of nitrogens with one attached hydrogen (secondary N) is 1. The topological polar surface area (TPSA) is 66.7 Å². The Kier molecular flexibility index (Phi) is 4.97. The molecule has 1 saturated heterocycles. The van der Waals surface area contributed by atoms with Crippen molar-refractivity contribution in [1.29, 1.82) is 0 Å². The fraction of sp³-hybridized carbons (Fsp3) is 0.100. The molecular formula is C20H16N4O2S2. The van der Waals surface area contributed by atoms with Crippen molar-refractivity contribution in [2.75, 3.05) is 12.4 Å². The van der Waals surface area contributed by atoms with Gasteiger partial charge in [0, 0.05) is 13.2 Å². The van der Waals surface area contributed by atoms with Crippen LogP contribution in [0.25, 0.3) is 11.7 Å². The van der Waals surface area contributed by atoms with Crippen molar-refractivity contribution in [2.24, 2.45) is 0 Å². The average Bonchev–Trinajstić information content (AvgIpc) is 2.98. The third kappa shape index (κ3) is 3.32. The molecule has 1 aromatic carbocycles. The predicted molar refractivity (Wildman–Crippen MR) is 116 cm³/mol. The lowest BCUT2D eigenvalue weighted by Gasteiger charge is -2.14. The fourth-order valence-corrected chi connectivity index (χ4v) is 4.19. The molecular weight excluding hydrogens is 392 g/mol. The highest BCUT2D eigenvalue weighted by Gasteiger charge is 2.32. The minimum absolute atomic E-state index is 0.210. The van der Waals surface area contributed by atoms with Crippen molar-refractivity contribution >= 4 is 51.7 Å². The summed E-state index contributed by atoms with van der Waals surface area (Å²) in [4.78, 5) is 32.3. The van der Waals surface area contributed by atoms with Crippen molar-refractivity contribution in [1.82, 2.24) is 14.3 Å². The van der Waals surface area contributed by atoms with E-state index in [2.05, 4.69) is 10.3 Å². The summed E-state index contributed by atoms with van der Waals surface area (Å²) in [6.07, 6.45) is 3.23. The van der Waals surface area contributed by atoms with E-state index in [1.54, 1.807) is 36.4 Å². The molecule has 1 amide bonds. The Morgan fingerprint density at radius 2 is 1.89 bits per heavy atom. The van der Waals surface area contributed by atoms with Gasteiger partial charge in [0.2, 0.25) is 0 Å². The largest absolute Gasteiger partial charge is 0.372 e. The summed E-state index contributed by atoms with van der Waals surface area (Å²) >= 11 is 6.59. The number of thioether (sulfide) groups is 1. The molecule has 0 radical (unpaired) electrons. The van der Waals surface area contributed by atoms with Crippen LogP contribution < -0.4 is 10.9 Å². The molecule has 0 atom stereocenters. The lowest BCUT2D eigenvalue weighted by Crippen LogP contribution is -2.27. The smallest absolute Gasteiger partial charge is 0.267 e. The highest BCUT2D eigenvalue weighted by molar-refractivity contribution is 8.26. The summed E-state index contributed by atoms with van der Waals surface area (Å²) < 4.78 is 1.93. The maximum atomic E-state index is 12.9. The Balaban J connectivity index is 1.73. The zero-order chi connectivity index (χ0) is 19.7. The summed E-state index contributed by atoms with van der Waals surface area (Å²) in [5, 5.41) is 2.94. The van der Waals surface area contributed by atoms with Crippen LogP contribution in [0.3, 0.4) is 0 Å². The predicted octanol–water partition coefficient (Wildman–Crippen LogP) is 3.14. The Hall–Kier alpha value is -2.97. The molecule has 0 unspecified atom stereocenters. The van der Waals surface area contributed by atoms with Gasteiger partial charge >= 0.3 is 0 Å². The zero-order valence-electron chi connectivity index (χ0n) is 15.0. The average molecular weight is 409 g/mol. The van der Waals surface area contributed by atoms with E-state index in [0.717, 1.165) is 5.56 Å². The van der Waals surface area contributed by atoms with Crippen molar-refractivity contribution in [3.05, 3.63) is 81.1 Å². The zero-order valence-corrected chi connectivity index (χ0v) is 16.6. The first-order valence-corrected chi connectivity index (χ1v) is 9.79. The van der Waals surface area contributed by atoms with Crippen LogP contribution in [-0.4, -0.2) is 31.6 Å². The van der Waals surface area contributed by atoms with Gasteiger partial charge in [0.25, 0.3) is 11.5 Å². The molecule has 1 aliphatic rings.